The molecule has 174 valence electrons. The number of phosphoric acid groups is 3. The summed E-state index contributed by atoms with van der Waals surface area (Å²) in [5.41, 5.74) is 6.05. The number of hydrogen-bond acceptors (Lipinski definition) is 13. The maximum atomic E-state index is 12.1. The molecule has 2 aromatic rings. The van der Waals surface area contributed by atoms with Crippen molar-refractivity contribution in [1.82, 2.24) is 19.5 Å². The van der Waals surface area contributed by atoms with Crippen molar-refractivity contribution >= 4 is 53.1 Å². The molecule has 6 atom stereocenters. The van der Waals surface area contributed by atoms with Crippen molar-refractivity contribution in [2.24, 2.45) is 0 Å². The third-order valence-corrected chi connectivity index (χ3v) is 8.02. The molecule has 0 saturated carbocycles. The maximum Gasteiger partial charge on any atom is 0.490 e. The van der Waals surface area contributed by atoms with Crippen LogP contribution in [0.4, 0.5) is 5.82 Å². The number of aromatic nitrogens is 4. The number of anilines is 1. The molecule has 0 radical (unpaired) electrons. The second-order valence-electron chi connectivity index (χ2n) is 5.98. The highest BCUT2D eigenvalue weighted by molar-refractivity contribution is 7.80. The van der Waals surface area contributed by atoms with Crippen molar-refractivity contribution in [3.63, 3.8) is 0 Å². The third-order valence-electron chi connectivity index (χ3n) is 3.82. The summed E-state index contributed by atoms with van der Waals surface area (Å²) in [6, 6.07) is 0. The Morgan fingerprint density at radius 3 is 2.42 bits per heavy atom. The zero-order valence-corrected chi connectivity index (χ0v) is 18.5. The molecule has 3 heterocycles. The molecule has 2 unspecified atom stereocenters. The Morgan fingerprint density at radius 1 is 1.13 bits per heavy atom. The molecule has 0 spiro atoms. The minimum atomic E-state index is -5.73. The number of rotatable bonds is 8. The number of fused-ring (bicyclic) bond motifs is 1. The van der Waals surface area contributed by atoms with Crippen LogP contribution in [0.25, 0.3) is 11.2 Å². The standard InChI is InChI=1S/C10H16N5O12P3S/c11-8-5-9(13-2-12-8)15(3-14-5)10-6(16)7(4(1-31)24-10)25-29(20,21)27-30(22,23)26-28(17,18)19/h2-4,6-7,10,16,31H,1H2,(H,20,21)(H,22,23)(H2,11,12,13)(H2,17,18,19)/t4-,6-,7-,10-/m1/s1. The maximum absolute atomic E-state index is 12.1. The molecule has 1 aliphatic rings. The van der Waals surface area contributed by atoms with E-state index in [0.717, 1.165) is 6.33 Å². The molecule has 1 aliphatic heterocycles. The van der Waals surface area contributed by atoms with Crippen LogP contribution in [0.15, 0.2) is 12.7 Å². The molecule has 1 saturated heterocycles. The summed E-state index contributed by atoms with van der Waals surface area (Å²) in [6.07, 6.45) is -3.40. The predicted octanol–water partition coefficient (Wildman–Crippen LogP) is -0.692. The van der Waals surface area contributed by atoms with E-state index in [-0.39, 0.29) is 22.7 Å². The second-order valence-corrected chi connectivity index (χ2v) is 10.7. The van der Waals surface area contributed by atoms with Crippen LogP contribution in [0.5, 0.6) is 0 Å². The lowest BCUT2D eigenvalue weighted by Gasteiger charge is -2.23. The lowest BCUT2D eigenvalue weighted by atomic mass is 10.1. The first kappa shape index (κ1) is 24.7. The predicted molar refractivity (Wildman–Crippen MR) is 102 cm³/mol. The number of phosphoric ester groups is 1. The van der Waals surface area contributed by atoms with Crippen LogP contribution in [0.2, 0.25) is 0 Å². The van der Waals surface area contributed by atoms with Gasteiger partial charge in [-0.05, 0) is 0 Å². The highest BCUT2D eigenvalue weighted by atomic mass is 32.1. The van der Waals surface area contributed by atoms with E-state index in [1.807, 2.05) is 0 Å². The summed E-state index contributed by atoms with van der Waals surface area (Å²) in [7, 11) is -16.8. The summed E-state index contributed by atoms with van der Waals surface area (Å²) in [6.45, 7) is 0. The molecule has 31 heavy (non-hydrogen) atoms. The first-order chi connectivity index (χ1) is 14.2. The van der Waals surface area contributed by atoms with E-state index in [9.17, 15) is 28.6 Å². The molecule has 0 bridgehead atoms. The molecule has 0 aliphatic carbocycles. The van der Waals surface area contributed by atoms with E-state index in [1.165, 1.54) is 10.9 Å². The fourth-order valence-electron chi connectivity index (χ4n) is 2.74. The number of ether oxygens (including phenoxy) is 1. The SMILES string of the molecule is Nc1ncnc2c1ncn2[C@@H]1O[C@H](CS)[C@@H](OP(=O)(O)OP(=O)(O)OP(=O)(O)O)[C@H]1O. The normalized spacial score (nSPS) is 28.5. The van der Waals surface area contributed by atoms with E-state index < -0.39 is 48.0 Å². The van der Waals surface area contributed by atoms with Gasteiger partial charge in [-0.2, -0.15) is 21.3 Å². The Balaban J connectivity index is 1.83. The number of aliphatic hydroxyl groups is 1. The number of hydrogen-bond donors (Lipinski definition) is 7. The van der Waals surface area contributed by atoms with Gasteiger partial charge in [0.1, 0.15) is 24.1 Å². The van der Waals surface area contributed by atoms with Gasteiger partial charge in [0.2, 0.25) is 0 Å². The average Bonchev–Trinajstić information content (AvgIpc) is 3.14. The Kier molecular flexibility index (Phi) is 6.97. The van der Waals surface area contributed by atoms with Gasteiger partial charge in [-0.15, -0.1) is 0 Å². The number of nitrogen functional groups attached to an aromatic ring is 1. The highest BCUT2D eigenvalue weighted by Crippen LogP contribution is 2.67. The summed E-state index contributed by atoms with van der Waals surface area (Å²) in [5.74, 6) is -0.107. The molecule has 17 nitrogen and oxygen atoms in total. The first-order valence-corrected chi connectivity index (χ1v) is 13.1. The largest absolute Gasteiger partial charge is 0.490 e. The van der Waals surface area contributed by atoms with E-state index in [0.29, 0.717) is 0 Å². The van der Waals surface area contributed by atoms with Crippen LogP contribution in [-0.2, 0) is 31.6 Å². The van der Waals surface area contributed by atoms with Gasteiger partial charge in [0.15, 0.2) is 17.7 Å². The van der Waals surface area contributed by atoms with Crippen LogP contribution < -0.4 is 5.73 Å². The van der Waals surface area contributed by atoms with Crippen LogP contribution in [-0.4, -0.2) is 68.3 Å². The Labute approximate surface area is 178 Å². The van der Waals surface area contributed by atoms with Crippen molar-refractivity contribution in [1.29, 1.82) is 0 Å². The zero-order valence-electron chi connectivity index (χ0n) is 14.9. The number of nitrogens with zero attached hydrogens (tertiary/aromatic N) is 4. The van der Waals surface area contributed by atoms with Crippen molar-refractivity contribution in [2.75, 3.05) is 11.5 Å². The minimum Gasteiger partial charge on any atom is -0.386 e. The van der Waals surface area contributed by atoms with Crippen LogP contribution in [0.3, 0.4) is 0 Å². The summed E-state index contributed by atoms with van der Waals surface area (Å²) in [4.78, 5) is 47.9. The molecule has 7 N–H and O–H groups in total. The van der Waals surface area contributed by atoms with E-state index in [2.05, 4.69) is 36.2 Å². The second kappa shape index (κ2) is 8.76. The summed E-state index contributed by atoms with van der Waals surface area (Å²) >= 11 is 4.00. The van der Waals surface area contributed by atoms with Crippen molar-refractivity contribution in [2.45, 2.75) is 24.5 Å². The van der Waals surface area contributed by atoms with E-state index in [4.69, 9.17) is 24.8 Å². The molecule has 0 amide bonds. The third kappa shape index (κ3) is 5.69. The van der Waals surface area contributed by atoms with Crippen molar-refractivity contribution in [3.8, 4) is 0 Å². The fourth-order valence-corrected chi connectivity index (χ4v) is 6.26. The monoisotopic (exact) mass is 523 g/mol. The quantitative estimate of drug-likeness (QED) is 0.167. The van der Waals surface area contributed by atoms with E-state index >= 15 is 0 Å². The topological polar surface area (TPSA) is 259 Å². The average molecular weight is 523 g/mol. The van der Waals surface area contributed by atoms with Gasteiger partial charge in [-0.3, -0.25) is 9.09 Å². The summed E-state index contributed by atoms with van der Waals surface area (Å²) < 4.78 is 53.2. The van der Waals surface area contributed by atoms with Gasteiger partial charge in [0.05, 0.1) is 12.4 Å². The first-order valence-electron chi connectivity index (χ1n) is 7.92. The van der Waals surface area contributed by atoms with Crippen LogP contribution in [0.1, 0.15) is 6.23 Å². The minimum absolute atomic E-state index is 0.0480. The van der Waals surface area contributed by atoms with Crippen LogP contribution >= 0.6 is 36.1 Å². The molecule has 3 rings (SSSR count). The van der Waals surface area contributed by atoms with Crippen LogP contribution in [0, 0.1) is 0 Å². The molecule has 2 aromatic heterocycles. The lowest BCUT2D eigenvalue weighted by molar-refractivity contribution is -0.0288. The molecule has 1 fully saturated rings. The number of thiol groups is 1. The summed E-state index contributed by atoms with van der Waals surface area (Å²) in [5, 5.41) is 10.6. The van der Waals surface area contributed by atoms with Gasteiger partial charge in [-0.25, -0.2) is 28.6 Å². The number of imidazole rings is 1. The van der Waals surface area contributed by atoms with Gasteiger partial charge >= 0.3 is 23.5 Å². The van der Waals surface area contributed by atoms with Gasteiger partial charge < -0.3 is 35.2 Å². The Hall–Kier alpha value is -0.970. The van der Waals surface area contributed by atoms with E-state index in [1.54, 1.807) is 0 Å². The van der Waals surface area contributed by atoms with Crippen molar-refractivity contribution in [3.05, 3.63) is 12.7 Å². The number of nitrogens with two attached hydrogens (primary N) is 1. The smallest absolute Gasteiger partial charge is 0.386 e. The number of aliphatic hydroxyl groups excluding tert-OH is 1. The van der Waals surface area contributed by atoms with Crippen molar-refractivity contribution < 1.29 is 56.3 Å². The molecular formula is C10H16N5O12P3S. The molecule has 21 heteroatoms. The van der Waals surface area contributed by atoms with Gasteiger partial charge in [0, 0.05) is 5.75 Å². The van der Waals surface area contributed by atoms with Gasteiger partial charge in [0.25, 0.3) is 0 Å². The lowest BCUT2D eigenvalue weighted by Crippen LogP contribution is -2.34. The highest BCUT2D eigenvalue weighted by Gasteiger charge is 2.50. The Morgan fingerprint density at radius 2 is 1.81 bits per heavy atom. The molecule has 0 aromatic carbocycles. The Bertz CT molecular complexity index is 1110. The fraction of sp³-hybridized carbons (Fsp3) is 0.500. The zero-order chi connectivity index (χ0) is 23.2. The van der Waals surface area contributed by atoms with Gasteiger partial charge in [-0.1, -0.05) is 0 Å². The molecular weight excluding hydrogens is 507 g/mol.